The molecule has 1 saturated heterocycles. The zero-order chi connectivity index (χ0) is 20.0. The van der Waals surface area contributed by atoms with Gasteiger partial charge in [-0.05, 0) is 36.6 Å². The average Bonchev–Trinajstić information content (AvgIpc) is 3.35. The van der Waals surface area contributed by atoms with Crippen LogP contribution in [0.25, 0.3) is 28.0 Å². The summed E-state index contributed by atoms with van der Waals surface area (Å²) in [6.07, 6.45) is 0.584. The molecule has 1 aliphatic heterocycles. The summed E-state index contributed by atoms with van der Waals surface area (Å²) in [4.78, 5) is 16.0. The molecule has 5 heteroatoms. The molecule has 4 aromatic rings. The van der Waals surface area contributed by atoms with Crippen molar-refractivity contribution in [3.63, 3.8) is 0 Å². The minimum atomic E-state index is 0.141. The van der Waals surface area contributed by atoms with Gasteiger partial charge in [0.05, 0.1) is 5.69 Å². The number of fused-ring (bicyclic) bond motifs is 1. The van der Waals surface area contributed by atoms with Gasteiger partial charge in [-0.3, -0.25) is 4.79 Å². The summed E-state index contributed by atoms with van der Waals surface area (Å²) in [6.45, 7) is 4.78. The number of nitrogens with one attached hydrogen (secondary N) is 1. The molecule has 1 fully saturated rings. The number of hydrogen-bond acceptors (Lipinski definition) is 3. The highest BCUT2D eigenvalue weighted by Crippen LogP contribution is 2.28. The van der Waals surface area contributed by atoms with Crippen molar-refractivity contribution < 1.29 is 4.79 Å². The van der Waals surface area contributed by atoms with Gasteiger partial charge in [-0.1, -0.05) is 48.5 Å². The Morgan fingerprint density at radius 3 is 2.24 bits per heavy atom. The van der Waals surface area contributed by atoms with Gasteiger partial charge < -0.3 is 5.32 Å². The van der Waals surface area contributed by atoms with Crippen molar-refractivity contribution in [1.82, 2.24) is 19.9 Å². The third kappa shape index (κ3) is 3.29. The first kappa shape index (κ1) is 17.6. The molecule has 2 aromatic carbocycles. The van der Waals surface area contributed by atoms with Crippen molar-refractivity contribution in [1.29, 1.82) is 0 Å². The summed E-state index contributed by atoms with van der Waals surface area (Å²) < 4.78 is 1.89. The monoisotopic (exact) mass is 382 g/mol. The zero-order valence-corrected chi connectivity index (χ0v) is 16.5. The molecule has 0 saturated carbocycles. The number of hydrogen-bond donors (Lipinski definition) is 1. The molecule has 5 rings (SSSR count). The normalized spacial score (nSPS) is 16.3. The summed E-state index contributed by atoms with van der Waals surface area (Å²) in [5, 5.41) is 7.61. The van der Waals surface area contributed by atoms with Gasteiger partial charge in [0.25, 0.3) is 0 Å². The smallest absolute Gasteiger partial charge is 0.220 e. The number of rotatable bonds is 3. The van der Waals surface area contributed by atoms with Gasteiger partial charge in [0.15, 0.2) is 5.65 Å². The SMILES string of the molecule is Cc1cc(C)n2nc(-c3ccc(-c4ccc(C5CNC(=O)C5)cc4)cc3)cc2n1. The quantitative estimate of drug-likeness (QED) is 0.575. The number of benzene rings is 2. The number of carbonyl (C=O) groups excluding carboxylic acids is 1. The van der Waals surface area contributed by atoms with Crippen LogP contribution < -0.4 is 5.32 Å². The van der Waals surface area contributed by atoms with Crippen molar-refractivity contribution in [2.24, 2.45) is 0 Å². The summed E-state index contributed by atoms with van der Waals surface area (Å²) in [5.41, 5.74) is 8.49. The standard InChI is InChI=1S/C24H22N4O/c1-15-11-16(2)28-23(26-15)13-22(27-28)20-9-7-18(8-10-20)17-3-5-19(6-4-17)21-12-24(29)25-14-21/h3-11,13,21H,12,14H2,1-2H3,(H,25,29). The first-order valence-corrected chi connectivity index (χ1v) is 9.88. The van der Waals surface area contributed by atoms with Gasteiger partial charge >= 0.3 is 0 Å². The molecule has 3 heterocycles. The third-order valence-electron chi connectivity index (χ3n) is 5.61. The fourth-order valence-corrected chi connectivity index (χ4v) is 4.05. The summed E-state index contributed by atoms with van der Waals surface area (Å²) >= 11 is 0. The molecule has 1 unspecified atom stereocenters. The van der Waals surface area contributed by atoms with Crippen LogP contribution in [-0.2, 0) is 4.79 Å². The zero-order valence-electron chi connectivity index (χ0n) is 16.5. The third-order valence-corrected chi connectivity index (χ3v) is 5.61. The van der Waals surface area contributed by atoms with Crippen LogP contribution in [0.4, 0.5) is 0 Å². The van der Waals surface area contributed by atoms with Gasteiger partial charge in [0.2, 0.25) is 5.91 Å². The Morgan fingerprint density at radius 1 is 0.931 bits per heavy atom. The second-order valence-electron chi connectivity index (χ2n) is 7.74. The van der Waals surface area contributed by atoms with Crippen LogP contribution in [0.1, 0.15) is 29.3 Å². The van der Waals surface area contributed by atoms with E-state index in [0.717, 1.165) is 40.4 Å². The molecule has 1 amide bonds. The van der Waals surface area contributed by atoms with E-state index in [-0.39, 0.29) is 11.8 Å². The lowest BCUT2D eigenvalue weighted by Gasteiger charge is -2.09. The number of nitrogens with zero attached hydrogens (tertiary/aromatic N) is 3. The van der Waals surface area contributed by atoms with E-state index in [1.807, 2.05) is 30.5 Å². The molecule has 29 heavy (non-hydrogen) atoms. The van der Waals surface area contributed by atoms with Gasteiger partial charge in [-0.15, -0.1) is 0 Å². The molecular weight excluding hydrogens is 360 g/mol. The molecule has 1 N–H and O–H groups in total. The van der Waals surface area contributed by atoms with Crippen molar-refractivity contribution >= 4 is 11.6 Å². The summed E-state index contributed by atoms with van der Waals surface area (Å²) in [7, 11) is 0. The highest BCUT2D eigenvalue weighted by molar-refractivity contribution is 5.79. The van der Waals surface area contributed by atoms with Gasteiger partial charge in [-0.2, -0.15) is 5.10 Å². The second kappa shape index (κ2) is 6.85. The Kier molecular flexibility index (Phi) is 4.16. The van der Waals surface area contributed by atoms with Gasteiger partial charge in [0, 0.05) is 41.9 Å². The van der Waals surface area contributed by atoms with Crippen molar-refractivity contribution in [3.05, 3.63) is 77.6 Å². The maximum Gasteiger partial charge on any atom is 0.220 e. The van der Waals surface area contributed by atoms with Crippen molar-refractivity contribution in [2.75, 3.05) is 6.54 Å². The van der Waals surface area contributed by atoms with E-state index in [2.05, 4.69) is 58.8 Å². The van der Waals surface area contributed by atoms with E-state index in [1.165, 1.54) is 11.1 Å². The number of aryl methyl sites for hydroxylation is 2. The fourth-order valence-electron chi connectivity index (χ4n) is 4.05. The number of aromatic nitrogens is 3. The minimum absolute atomic E-state index is 0.141. The maximum absolute atomic E-state index is 11.4. The molecule has 2 aromatic heterocycles. The Bertz CT molecular complexity index is 1210. The lowest BCUT2D eigenvalue weighted by Crippen LogP contribution is -2.13. The predicted octanol–water partition coefficient (Wildman–Crippen LogP) is 4.28. The van der Waals surface area contributed by atoms with Gasteiger partial charge in [-0.25, -0.2) is 9.50 Å². The Balaban J connectivity index is 1.40. The second-order valence-corrected chi connectivity index (χ2v) is 7.74. The van der Waals surface area contributed by atoms with Crippen LogP contribution in [0.2, 0.25) is 0 Å². The molecule has 1 aliphatic rings. The van der Waals surface area contributed by atoms with Crippen molar-refractivity contribution in [2.45, 2.75) is 26.2 Å². The van der Waals surface area contributed by atoms with Gasteiger partial charge in [0.1, 0.15) is 0 Å². The lowest BCUT2D eigenvalue weighted by molar-refractivity contribution is -0.119. The van der Waals surface area contributed by atoms with Crippen LogP contribution in [0.15, 0.2) is 60.7 Å². The van der Waals surface area contributed by atoms with E-state index < -0.39 is 0 Å². The highest BCUT2D eigenvalue weighted by Gasteiger charge is 2.22. The van der Waals surface area contributed by atoms with E-state index >= 15 is 0 Å². The minimum Gasteiger partial charge on any atom is -0.355 e. The van der Waals surface area contributed by atoms with Crippen LogP contribution >= 0.6 is 0 Å². The van der Waals surface area contributed by atoms with Crippen LogP contribution in [-0.4, -0.2) is 27.0 Å². The first-order chi connectivity index (χ1) is 14.1. The largest absolute Gasteiger partial charge is 0.355 e. The molecule has 1 atom stereocenters. The number of carbonyl (C=O) groups is 1. The Hall–Kier alpha value is -3.47. The molecule has 144 valence electrons. The first-order valence-electron chi connectivity index (χ1n) is 9.88. The summed E-state index contributed by atoms with van der Waals surface area (Å²) in [6, 6.07) is 21.1. The lowest BCUT2D eigenvalue weighted by atomic mass is 9.95. The topological polar surface area (TPSA) is 59.3 Å². The van der Waals surface area contributed by atoms with Crippen LogP contribution in [0, 0.1) is 13.8 Å². The average molecular weight is 382 g/mol. The van der Waals surface area contributed by atoms with E-state index in [9.17, 15) is 4.79 Å². The molecular formula is C24H22N4O. The summed E-state index contributed by atoms with van der Waals surface area (Å²) in [5.74, 6) is 0.428. The molecule has 0 bridgehead atoms. The highest BCUT2D eigenvalue weighted by atomic mass is 16.1. The molecule has 5 nitrogen and oxygen atoms in total. The number of amides is 1. The van der Waals surface area contributed by atoms with Crippen LogP contribution in [0.3, 0.4) is 0 Å². The fraction of sp³-hybridized carbons (Fsp3) is 0.208. The van der Waals surface area contributed by atoms with Crippen molar-refractivity contribution in [3.8, 4) is 22.4 Å². The van der Waals surface area contributed by atoms with E-state index in [4.69, 9.17) is 5.10 Å². The molecule has 0 spiro atoms. The molecule has 0 radical (unpaired) electrons. The van der Waals surface area contributed by atoms with E-state index in [1.54, 1.807) is 0 Å². The Labute approximate surface area is 169 Å². The van der Waals surface area contributed by atoms with E-state index in [0.29, 0.717) is 6.42 Å². The molecule has 0 aliphatic carbocycles. The Morgan fingerprint density at radius 2 is 1.59 bits per heavy atom. The predicted molar refractivity (Wildman–Crippen MR) is 114 cm³/mol. The van der Waals surface area contributed by atoms with Crippen LogP contribution in [0.5, 0.6) is 0 Å². The maximum atomic E-state index is 11.4.